The second kappa shape index (κ2) is 5.69. The third-order valence-corrected chi connectivity index (χ3v) is 2.62. The Balaban J connectivity index is 2.84. The van der Waals surface area contributed by atoms with Crippen LogP contribution < -0.4 is 5.73 Å². The van der Waals surface area contributed by atoms with Crippen molar-refractivity contribution in [2.75, 3.05) is 26.3 Å². The van der Waals surface area contributed by atoms with Crippen LogP contribution in [0.25, 0.3) is 0 Å². The molecule has 0 aromatic carbocycles. The second-order valence-electron chi connectivity index (χ2n) is 3.39. The fourth-order valence-electron chi connectivity index (χ4n) is 1.55. The molecular weight excluding hydrogens is 210 g/mol. The molecule has 0 saturated carbocycles. The lowest BCUT2D eigenvalue weighted by molar-refractivity contribution is 0.145. The predicted octanol–water partition coefficient (Wildman–Crippen LogP) is 0.792. The lowest BCUT2D eigenvalue weighted by atomic mass is 10.2. The number of ether oxygens (including phenoxy) is 1. The molecule has 0 amide bonds. The summed E-state index contributed by atoms with van der Waals surface area (Å²) in [6.07, 6.45) is 0.966. The first-order chi connectivity index (χ1) is 7.16. The molecule has 0 unspecified atom stereocenters. The van der Waals surface area contributed by atoms with E-state index in [0.717, 1.165) is 31.8 Å². The molecule has 1 fully saturated rings. The smallest absolute Gasteiger partial charge is 0.116 e. The summed E-state index contributed by atoms with van der Waals surface area (Å²) >= 11 is 4.84. The van der Waals surface area contributed by atoms with E-state index >= 15 is 0 Å². The summed E-state index contributed by atoms with van der Waals surface area (Å²) in [5.74, 6) is 0. The van der Waals surface area contributed by atoms with Crippen molar-refractivity contribution in [3.05, 3.63) is 11.3 Å². The quantitative estimate of drug-likeness (QED) is 0.428. The van der Waals surface area contributed by atoms with Gasteiger partial charge in [0.1, 0.15) is 16.6 Å². The predicted molar refractivity (Wildman–Crippen MR) is 62.1 cm³/mol. The normalized spacial score (nSPS) is 18.8. The van der Waals surface area contributed by atoms with Gasteiger partial charge in [-0.3, -0.25) is 0 Å². The maximum Gasteiger partial charge on any atom is 0.116 e. The van der Waals surface area contributed by atoms with Gasteiger partial charge in [-0.25, -0.2) is 0 Å². The zero-order chi connectivity index (χ0) is 11.3. The van der Waals surface area contributed by atoms with Crippen molar-refractivity contribution in [3.8, 4) is 6.07 Å². The van der Waals surface area contributed by atoms with Crippen LogP contribution in [0, 0.1) is 11.3 Å². The lowest BCUT2D eigenvalue weighted by Crippen LogP contribution is -2.27. The molecule has 5 heteroatoms. The van der Waals surface area contributed by atoms with Gasteiger partial charge in [0.15, 0.2) is 0 Å². The number of nitrogens with zero attached hydrogens (tertiary/aromatic N) is 2. The molecular formula is C10H15N3OS. The van der Waals surface area contributed by atoms with E-state index in [0.29, 0.717) is 12.2 Å². The van der Waals surface area contributed by atoms with Gasteiger partial charge >= 0.3 is 0 Å². The molecule has 82 valence electrons. The highest BCUT2D eigenvalue weighted by Crippen LogP contribution is 2.12. The Morgan fingerprint density at radius 2 is 2.20 bits per heavy atom. The molecule has 4 nitrogen and oxygen atoms in total. The van der Waals surface area contributed by atoms with Gasteiger partial charge < -0.3 is 15.4 Å². The highest BCUT2D eigenvalue weighted by molar-refractivity contribution is 7.80. The minimum absolute atomic E-state index is 0.167. The molecule has 2 N–H and O–H groups in total. The number of hydrogen-bond donors (Lipinski definition) is 1. The van der Waals surface area contributed by atoms with Crippen LogP contribution in [-0.2, 0) is 4.74 Å². The van der Waals surface area contributed by atoms with Crippen molar-refractivity contribution in [2.24, 2.45) is 5.73 Å². The Kier molecular flexibility index (Phi) is 4.53. The van der Waals surface area contributed by atoms with Crippen molar-refractivity contribution in [3.63, 3.8) is 0 Å². The van der Waals surface area contributed by atoms with Crippen LogP contribution >= 0.6 is 12.2 Å². The highest BCUT2D eigenvalue weighted by Gasteiger charge is 2.14. The number of thiocarbonyl (C=S) groups is 1. The summed E-state index contributed by atoms with van der Waals surface area (Å²) in [4.78, 5) is 2.27. The average molecular weight is 225 g/mol. The summed E-state index contributed by atoms with van der Waals surface area (Å²) in [5.41, 5.74) is 6.75. The van der Waals surface area contributed by atoms with E-state index < -0.39 is 0 Å². The van der Waals surface area contributed by atoms with Crippen LogP contribution in [0.15, 0.2) is 11.3 Å². The topological polar surface area (TPSA) is 62.3 Å². The van der Waals surface area contributed by atoms with E-state index in [2.05, 4.69) is 4.90 Å². The molecule has 1 aliphatic heterocycles. The first kappa shape index (κ1) is 12.0. The summed E-state index contributed by atoms with van der Waals surface area (Å²) in [5, 5.41) is 8.93. The Labute approximate surface area is 95.3 Å². The molecule has 0 aromatic heterocycles. The van der Waals surface area contributed by atoms with Crippen LogP contribution in [-0.4, -0.2) is 36.2 Å². The minimum atomic E-state index is 0.167. The molecule has 15 heavy (non-hydrogen) atoms. The Bertz CT molecular complexity index is 311. The average Bonchev–Trinajstić information content (AvgIpc) is 2.45. The first-order valence-electron chi connectivity index (χ1n) is 4.90. The van der Waals surface area contributed by atoms with Gasteiger partial charge in [0.2, 0.25) is 0 Å². The van der Waals surface area contributed by atoms with Crippen molar-refractivity contribution in [1.82, 2.24) is 4.90 Å². The molecule has 1 saturated heterocycles. The third-order valence-electron chi connectivity index (χ3n) is 2.42. The molecule has 0 radical (unpaired) electrons. The van der Waals surface area contributed by atoms with E-state index in [9.17, 15) is 0 Å². The number of nitriles is 1. The Morgan fingerprint density at radius 1 is 1.47 bits per heavy atom. The van der Waals surface area contributed by atoms with Crippen LogP contribution in [0.3, 0.4) is 0 Å². The molecule has 1 heterocycles. The number of nitrogens with two attached hydrogens (primary N) is 1. The lowest BCUT2D eigenvalue weighted by Gasteiger charge is -2.23. The monoisotopic (exact) mass is 225 g/mol. The summed E-state index contributed by atoms with van der Waals surface area (Å²) < 4.78 is 5.34. The van der Waals surface area contributed by atoms with E-state index in [1.807, 2.05) is 13.0 Å². The molecule has 0 bridgehead atoms. The summed E-state index contributed by atoms with van der Waals surface area (Å²) in [7, 11) is 0. The fourth-order valence-corrected chi connectivity index (χ4v) is 1.75. The van der Waals surface area contributed by atoms with E-state index in [1.54, 1.807) is 0 Å². The molecule has 1 rings (SSSR count). The number of hydrogen-bond acceptors (Lipinski definition) is 4. The van der Waals surface area contributed by atoms with Crippen LogP contribution in [0.1, 0.15) is 13.3 Å². The molecule has 0 spiro atoms. The molecule has 1 aliphatic rings. The van der Waals surface area contributed by atoms with Gasteiger partial charge in [0, 0.05) is 25.4 Å². The summed E-state index contributed by atoms with van der Waals surface area (Å²) in [6, 6.07) is 2.05. The van der Waals surface area contributed by atoms with Crippen LogP contribution in [0.2, 0.25) is 0 Å². The zero-order valence-electron chi connectivity index (χ0n) is 8.82. The third kappa shape index (κ3) is 3.18. The van der Waals surface area contributed by atoms with Gasteiger partial charge in [0.25, 0.3) is 0 Å². The van der Waals surface area contributed by atoms with Crippen molar-refractivity contribution >= 4 is 17.2 Å². The largest absolute Gasteiger partial charge is 0.389 e. The standard InChI is InChI=1S/C10H15N3OS/c1-8(9(7-11)10(12)15)13-3-2-5-14-6-4-13/h2-6H2,1H3,(H2,12,15)/b9-8-. The van der Waals surface area contributed by atoms with Crippen molar-refractivity contribution in [1.29, 1.82) is 5.26 Å². The first-order valence-corrected chi connectivity index (χ1v) is 5.31. The fraction of sp³-hybridized carbons (Fsp3) is 0.600. The molecule has 0 atom stereocenters. The summed E-state index contributed by atoms with van der Waals surface area (Å²) in [6.45, 7) is 5.02. The van der Waals surface area contributed by atoms with E-state index in [1.165, 1.54) is 0 Å². The van der Waals surface area contributed by atoms with Gasteiger partial charge in [-0.15, -0.1) is 0 Å². The number of allylic oxidation sites excluding steroid dienone is 1. The minimum Gasteiger partial charge on any atom is -0.389 e. The van der Waals surface area contributed by atoms with Gasteiger partial charge in [-0.2, -0.15) is 5.26 Å². The Morgan fingerprint density at radius 3 is 2.80 bits per heavy atom. The van der Waals surface area contributed by atoms with Crippen LogP contribution in [0.4, 0.5) is 0 Å². The van der Waals surface area contributed by atoms with Gasteiger partial charge in [-0.1, -0.05) is 12.2 Å². The SMILES string of the molecule is C/C(=C(\C#N)C(N)=S)N1CCCOCC1. The highest BCUT2D eigenvalue weighted by atomic mass is 32.1. The Hall–Kier alpha value is -1.12. The van der Waals surface area contributed by atoms with Gasteiger partial charge in [-0.05, 0) is 13.3 Å². The maximum absolute atomic E-state index is 8.93. The zero-order valence-corrected chi connectivity index (χ0v) is 9.64. The van der Waals surface area contributed by atoms with Crippen LogP contribution in [0.5, 0.6) is 0 Å². The van der Waals surface area contributed by atoms with Crippen molar-refractivity contribution in [2.45, 2.75) is 13.3 Å². The number of rotatable bonds is 2. The van der Waals surface area contributed by atoms with E-state index in [-0.39, 0.29) is 4.99 Å². The van der Waals surface area contributed by atoms with E-state index in [4.69, 9.17) is 28.0 Å². The molecule has 0 aromatic rings. The second-order valence-corrected chi connectivity index (χ2v) is 3.83. The maximum atomic E-state index is 8.93. The molecule has 0 aliphatic carbocycles. The van der Waals surface area contributed by atoms with Crippen molar-refractivity contribution < 1.29 is 4.74 Å². The van der Waals surface area contributed by atoms with Gasteiger partial charge in [0.05, 0.1) is 6.61 Å².